The fourth-order valence-corrected chi connectivity index (χ4v) is 2.62. The molecule has 0 radical (unpaired) electrons. The van der Waals surface area contributed by atoms with Crippen molar-refractivity contribution >= 4 is 28.9 Å². The molecule has 1 aromatic heterocycles. The molecule has 128 valence electrons. The van der Waals surface area contributed by atoms with E-state index < -0.39 is 4.92 Å². The molecule has 2 aromatic carbocycles. The molecule has 0 N–H and O–H groups in total. The van der Waals surface area contributed by atoms with Gasteiger partial charge in [0.15, 0.2) is 0 Å². The monoisotopic (exact) mass is 377 g/mol. The molecule has 8 heteroatoms. The van der Waals surface area contributed by atoms with Gasteiger partial charge in [0.05, 0.1) is 20.7 Å². The predicted molar refractivity (Wildman–Crippen MR) is 96.2 cm³/mol. The maximum atomic E-state index is 11.0. The van der Waals surface area contributed by atoms with Crippen molar-refractivity contribution in [2.75, 3.05) is 0 Å². The number of ether oxygens (including phenoxy) is 1. The van der Waals surface area contributed by atoms with E-state index in [2.05, 4.69) is 5.10 Å². The number of nitro benzene ring substituents is 1. The highest BCUT2D eigenvalue weighted by molar-refractivity contribution is 6.42. The molecule has 0 aliphatic rings. The zero-order chi connectivity index (χ0) is 18.1. The summed E-state index contributed by atoms with van der Waals surface area (Å²) in [6.45, 7) is 3.41. The van der Waals surface area contributed by atoms with Gasteiger partial charge in [-0.15, -0.1) is 5.10 Å². The number of aromatic nitrogens is 2. The van der Waals surface area contributed by atoms with Gasteiger partial charge in [-0.3, -0.25) is 10.1 Å². The van der Waals surface area contributed by atoms with Crippen molar-refractivity contribution in [3.05, 3.63) is 73.9 Å². The molecule has 0 spiro atoms. The van der Waals surface area contributed by atoms with Crippen LogP contribution in [-0.2, 0) is 0 Å². The minimum atomic E-state index is -0.412. The normalized spacial score (nSPS) is 10.7. The van der Waals surface area contributed by atoms with Crippen molar-refractivity contribution in [3.63, 3.8) is 0 Å². The van der Waals surface area contributed by atoms with Crippen LogP contribution in [0.1, 0.15) is 11.1 Å². The lowest BCUT2D eigenvalue weighted by atomic mass is 10.1. The van der Waals surface area contributed by atoms with Crippen LogP contribution in [0, 0.1) is 24.0 Å². The van der Waals surface area contributed by atoms with Gasteiger partial charge < -0.3 is 4.74 Å². The Morgan fingerprint density at radius 1 is 1.08 bits per heavy atom. The molecule has 0 amide bonds. The zero-order valence-corrected chi connectivity index (χ0v) is 14.9. The topological polar surface area (TPSA) is 70.2 Å². The Labute approximate surface area is 153 Å². The van der Waals surface area contributed by atoms with Gasteiger partial charge in [0, 0.05) is 23.9 Å². The van der Waals surface area contributed by atoms with Crippen LogP contribution in [0.3, 0.4) is 0 Å². The van der Waals surface area contributed by atoms with E-state index in [-0.39, 0.29) is 5.69 Å². The molecule has 6 nitrogen and oxygen atoms in total. The summed E-state index contributed by atoms with van der Waals surface area (Å²) in [5, 5.41) is 16.2. The maximum absolute atomic E-state index is 11.0. The van der Waals surface area contributed by atoms with E-state index in [1.165, 1.54) is 6.07 Å². The van der Waals surface area contributed by atoms with Gasteiger partial charge in [-0.2, -0.15) is 0 Å². The SMILES string of the molecule is Cc1cc([N+](=O)[O-])c(C)cc1Oc1ccn(-c2ccc(Cl)c(Cl)c2)n1. The van der Waals surface area contributed by atoms with Gasteiger partial charge in [-0.25, -0.2) is 4.68 Å². The van der Waals surface area contributed by atoms with E-state index >= 15 is 0 Å². The average molecular weight is 378 g/mol. The molecule has 0 aliphatic carbocycles. The molecule has 0 bridgehead atoms. The smallest absolute Gasteiger partial charge is 0.272 e. The quantitative estimate of drug-likeness (QED) is 0.444. The third-order valence-electron chi connectivity index (χ3n) is 3.64. The number of aryl methyl sites for hydroxylation is 2. The Kier molecular flexibility index (Phi) is 4.65. The third-order valence-corrected chi connectivity index (χ3v) is 4.38. The van der Waals surface area contributed by atoms with E-state index in [4.69, 9.17) is 27.9 Å². The van der Waals surface area contributed by atoms with Crippen molar-refractivity contribution in [1.82, 2.24) is 9.78 Å². The minimum absolute atomic E-state index is 0.0613. The van der Waals surface area contributed by atoms with E-state index in [0.717, 1.165) is 5.69 Å². The summed E-state index contributed by atoms with van der Waals surface area (Å²) in [5.74, 6) is 0.880. The van der Waals surface area contributed by atoms with E-state index in [1.54, 1.807) is 55.1 Å². The Hall–Kier alpha value is -2.57. The Balaban J connectivity index is 1.88. The van der Waals surface area contributed by atoms with Gasteiger partial charge >= 0.3 is 0 Å². The van der Waals surface area contributed by atoms with Crippen LogP contribution in [0.25, 0.3) is 5.69 Å². The molecular formula is C17H13Cl2N3O3. The van der Waals surface area contributed by atoms with Crippen molar-refractivity contribution in [1.29, 1.82) is 0 Å². The highest BCUT2D eigenvalue weighted by atomic mass is 35.5. The summed E-state index contributed by atoms with van der Waals surface area (Å²) in [4.78, 5) is 10.6. The van der Waals surface area contributed by atoms with Crippen LogP contribution in [0.2, 0.25) is 10.0 Å². The summed E-state index contributed by atoms with van der Waals surface area (Å²) < 4.78 is 7.37. The summed E-state index contributed by atoms with van der Waals surface area (Å²) in [7, 11) is 0. The fourth-order valence-electron chi connectivity index (χ4n) is 2.33. The molecule has 25 heavy (non-hydrogen) atoms. The van der Waals surface area contributed by atoms with Crippen LogP contribution >= 0.6 is 23.2 Å². The molecule has 0 aliphatic heterocycles. The Morgan fingerprint density at radius 2 is 1.84 bits per heavy atom. The first-order chi connectivity index (χ1) is 11.8. The number of hydrogen-bond acceptors (Lipinski definition) is 4. The van der Waals surface area contributed by atoms with Gasteiger partial charge in [-0.05, 0) is 43.7 Å². The molecular weight excluding hydrogens is 365 g/mol. The van der Waals surface area contributed by atoms with Gasteiger partial charge in [0.2, 0.25) is 5.88 Å². The first kappa shape index (κ1) is 17.3. The summed E-state index contributed by atoms with van der Waals surface area (Å²) in [5.41, 5.74) is 1.97. The molecule has 1 heterocycles. The lowest BCUT2D eigenvalue weighted by Crippen LogP contribution is -1.97. The van der Waals surface area contributed by atoms with Crippen LogP contribution in [0.5, 0.6) is 11.6 Å². The number of benzene rings is 2. The van der Waals surface area contributed by atoms with E-state index in [9.17, 15) is 10.1 Å². The number of halogens is 2. The highest BCUT2D eigenvalue weighted by Gasteiger charge is 2.15. The van der Waals surface area contributed by atoms with Crippen molar-refractivity contribution in [3.8, 4) is 17.3 Å². The maximum Gasteiger partial charge on any atom is 0.272 e. The first-order valence-corrected chi connectivity index (χ1v) is 8.05. The molecule has 0 unspecified atom stereocenters. The van der Waals surface area contributed by atoms with E-state index in [0.29, 0.717) is 32.8 Å². The molecule has 0 saturated carbocycles. The Bertz CT molecular complexity index is 970. The molecule has 0 fully saturated rings. The van der Waals surface area contributed by atoms with Gasteiger partial charge in [0.25, 0.3) is 5.69 Å². The van der Waals surface area contributed by atoms with Crippen molar-refractivity contribution in [2.24, 2.45) is 0 Å². The predicted octanol–water partition coefficient (Wildman–Crippen LogP) is 5.50. The second kappa shape index (κ2) is 6.74. The molecule has 3 aromatic rings. The third kappa shape index (κ3) is 3.60. The summed E-state index contributed by atoms with van der Waals surface area (Å²) in [6.07, 6.45) is 1.72. The van der Waals surface area contributed by atoms with Crippen molar-refractivity contribution in [2.45, 2.75) is 13.8 Å². The second-order valence-corrected chi connectivity index (χ2v) is 6.27. The van der Waals surface area contributed by atoms with Crippen LogP contribution < -0.4 is 4.74 Å². The average Bonchev–Trinajstić information content (AvgIpc) is 3.01. The van der Waals surface area contributed by atoms with E-state index in [1.807, 2.05) is 0 Å². The lowest BCUT2D eigenvalue weighted by Gasteiger charge is -2.08. The summed E-state index contributed by atoms with van der Waals surface area (Å²) >= 11 is 11.9. The lowest BCUT2D eigenvalue weighted by molar-refractivity contribution is -0.385. The number of nitrogens with zero attached hydrogens (tertiary/aromatic N) is 3. The van der Waals surface area contributed by atoms with Crippen LogP contribution in [-0.4, -0.2) is 14.7 Å². The molecule has 0 atom stereocenters. The summed E-state index contributed by atoms with van der Waals surface area (Å²) in [6, 6.07) is 9.98. The number of hydrogen-bond donors (Lipinski definition) is 0. The van der Waals surface area contributed by atoms with Crippen LogP contribution in [0.4, 0.5) is 5.69 Å². The molecule has 3 rings (SSSR count). The second-order valence-electron chi connectivity index (χ2n) is 5.46. The standard InChI is InChI=1S/C17H13Cl2N3O3/c1-10-8-16(11(2)7-15(10)22(23)24)25-17-5-6-21(20-17)12-3-4-13(18)14(19)9-12/h3-9H,1-2H3. The highest BCUT2D eigenvalue weighted by Crippen LogP contribution is 2.31. The minimum Gasteiger partial charge on any atom is -0.437 e. The van der Waals surface area contributed by atoms with Crippen molar-refractivity contribution < 1.29 is 9.66 Å². The molecule has 0 saturated heterocycles. The van der Waals surface area contributed by atoms with Gasteiger partial charge in [0.1, 0.15) is 5.75 Å². The fraction of sp³-hybridized carbons (Fsp3) is 0.118. The zero-order valence-electron chi connectivity index (χ0n) is 13.4. The largest absolute Gasteiger partial charge is 0.437 e. The first-order valence-electron chi connectivity index (χ1n) is 7.30. The van der Waals surface area contributed by atoms with Gasteiger partial charge in [-0.1, -0.05) is 23.2 Å². The Morgan fingerprint density at radius 3 is 2.52 bits per heavy atom. The number of nitro groups is 1. The number of rotatable bonds is 4. The van der Waals surface area contributed by atoms with Crippen LogP contribution in [0.15, 0.2) is 42.6 Å².